The van der Waals surface area contributed by atoms with Gasteiger partial charge in [-0.1, -0.05) is 0 Å². The van der Waals surface area contributed by atoms with Gasteiger partial charge < -0.3 is 0 Å². The topological polar surface area (TPSA) is 9.23 Å². The molecule has 0 fully saturated rings. The molecule has 136 valence electrons. The molecule has 1 nitrogen and oxygen atoms in total. The summed E-state index contributed by atoms with van der Waals surface area (Å²) in [4.78, 5) is 0. The van der Waals surface area contributed by atoms with E-state index >= 15 is 0 Å². The van der Waals surface area contributed by atoms with Gasteiger partial charge in [-0.05, 0) is 0 Å². The van der Waals surface area contributed by atoms with Crippen LogP contribution in [0.5, 0.6) is 0 Å². The Kier molecular flexibility index (Phi) is 15.9. The zero-order chi connectivity index (χ0) is 17.1. The van der Waals surface area contributed by atoms with Crippen molar-refractivity contribution in [3.8, 4) is 0 Å². The first kappa shape index (κ1) is 21.8. The van der Waals surface area contributed by atoms with E-state index in [0.29, 0.717) is 0 Å². The summed E-state index contributed by atoms with van der Waals surface area (Å²) < 4.78 is 9.68. The summed E-state index contributed by atoms with van der Waals surface area (Å²) in [5, 5.41) is 0. The maximum atomic E-state index is 5.70. The molecule has 0 radical (unpaired) electrons. The minimum absolute atomic E-state index is 0.137. The SMILES string of the molecule is CCCCCCCCCC[Te]/C=C\CCCOCc1ccccc1. The van der Waals surface area contributed by atoms with Gasteiger partial charge in [0.05, 0.1) is 0 Å². The molecule has 0 aromatic heterocycles. The molecule has 1 aromatic carbocycles. The number of allylic oxidation sites excluding steroid dienone is 1. The molecule has 1 rings (SSSR count). The van der Waals surface area contributed by atoms with Crippen LogP contribution >= 0.6 is 0 Å². The number of unbranched alkanes of at least 4 members (excludes halogenated alkanes) is 8. The average Bonchev–Trinajstić information content (AvgIpc) is 2.62. The van der Waals surface area contributed by atoms with E-state index in [1.54, 1.807) is 0 Å². The minimum atomic E-state index is 0.137. The van der Waals surface area contributed by atoms with Gasteiger partial charge in [0.25, 0.3) is 0 Å². The molecule has 24 heavy (non-hydrogen) atoms. The van der Waals surface area contributed by atoms with Crippen LogP contribution in [0, 0.1) is 0 Å². The van der Waals surface area contributed by atoms with Crippen molar-refractivity contribution < 1.29 is 4.74 Å². The third kappa shape index (κ3) is 14.1. The Morgan fingerprint density at radius 3 is 2.33 bits per heavy atom. The molecule has 0 saturated carbocycles. The van der Waals surface area contributed by atoms with Gasteiger partial charge in [-0.3, -0.25) is 0 Å². The molecule has 0 atom stereocenters. The van der Waals surface area contributed by atoms with E-state index in [1.807, 2.05) is 6.07 Å². The first-order chi connectivity index (χ1) is 11.9. The van der Waals surface area contributed by atoms with Crippen molar-refractivity contribution in [2.45, 2.75) is 82.2 Å². The Hall–Kier alpha value is -0.290. The third-order valence-electron chi connectivity index (χ3n) is 4.08. The van der Waals surface area contributed by atoms with E-state index in [-0.39, 0.29) is 20.9 Å². The molecule has 0 aliphatic rings. The van der Waals surface area contributed by atoms with Crippen molar-refractivity contribution in [3.63, 3.8) is 0 Å². The predicted octanol–water partition coefficient (Wildman–Crippen LogP) is 6.76. The monoisotopic (exact) mass is 446 g/mol. The molecule has 0 unspecified atom stereocenters. The summed E-state index contributed by atoms with van der Waals surface area (Å²) >= 11 is 0.137. The number of hydrogen-bond donors (Lipinski definition) is 0. The average molecular weight is 444 g/mol. The van der Waals surface area contributed by atoms with Gasteiger partial charge in [-0.2, -0.15) is 0 Å². The van der Waals surface area contributed by atoms with Gasteiger partial charge in [-0.25, -0.2) is 0 Å². The number of ether oxygens (including phenoxy) is 1. The normalized spacial score (nSPS) is 11.4. The van der Waals surface area contributed by atoms with Gasteiger partial charge in [0.2, 0.25) is 0 Å². The summed E-state index contributed by atoms with van der Waals surface area (Å²) in [7, 11) is 0. The van der Waals surface area contributed by atoms with Crippen LogP contribution in [0.3, 0.4) is 0 Å². The van der Waals surface area contributed by atoms with Gasteiger partial charge in [0.15, 0.2) is 0 Å². The van der Waals surface area contributed by atoms with Gasteiger partial charge >= 0.3 is 161 Å². The number of benzene rings is 1. The van der Waals surface area contributed by atoms with Gasteiger partial charge in [0.1, 0.15) is 0 Å². The molecule has 0 N–H and O–H groups in total. The zero-order valence-electron chi connectivity index (χ0n) is 15.6. The fourth-order valence-electron chi connectivity index (χ4n) is 2.59. The van der Waals surface area contributed by atoms with Crippen molar-refractivity contribution in [2.75, 3.05) is 6.61 Å². The molecule has 1 aromatic rings. The Balaban J connectivity index is 1.77. The van der Waals surface area contributed by atoms with Gasteiger partial charge in [0, 0.05) is 0 Å². The van der Waals surface area contributed by atoms with Crippen LogP contribution in [0.25, 0.3) is 0 Å². The van der Waals surface area contributed by atoms with E-state index in [1.165, 1.54) is 67.8 Å². The Labute approximate surface area is 160 Å². The molecular weight excluding hydrogens is 408 g/mol. The Bertz CT molecular complexity index is 388. The van der Waals surface area contributed by atoms with E-state index in [4.69, 9.17) is 4.74 Å². The molecule has 0 heterocycles. The first-order valence-corrected chi connectivity index (χ1v) is 12.8. The summed E-state index contributed by atoms with van der Waals surface area (Å²) in [5.74, 6) is 0. The molecule has 2 heteroatoms. The predicted molar refractivity (Wildman–Crippen MR) is 108 cm³/mol. The fourth-order valence-corrected chi connectivity index (χ4v) is 4.81. The van der Waals surface area contributed by atoms with Crippen LogP contribution in [0.1, 0.15) is 76.7 Å². The van der Waals surface area contributed by atoms with Crippen LogP contribution in [-0.4, -0.2) is 27.5 Å². The molecule has 0 aliphatic heterocycles. The summed E-state index contributed by atoms with van der Waals surface area (Å²) in [6.45, 7) is 3.91. The van der Waals surface area contributed by atoms with Crippen molar-refractivity contribution in [2.24, 2.45) is 0 Å². The molecule has 0 amide bonds. The van der Waals surface area contributed by atoms with Crippen molar-refractivity contribution in [1.82, 2.24) is 0 Å². The van der Waals surface area contributed by atoms with Crippen LogP contribution in [0.2, 0.25) is 4.47 Å². The van der Waals surface area contributed by atoms with Crippen LogP contribution in [-0.2, 0) is 11.3 Å². The maximum absolute atomic E-state index is 5.70. The standard InChI is InChI=1S/C22H36OTe/c1-2-3-4-5-6-7-8-14-19-24-20-15-10-13-18-23-21-22-16-11-9-12-17-22/h9,11-12,15-17,20H,2-8,10,13-14,18-19,21H2,1H3/b20-15-. The van der Waals surface area contributed by atoms with E-state index in [2.05, 4.69) is 41.4 Å². The quantitative estimate of drug-likeness (QED) is 0.202. The van der Waals surface area contributed by atoms with Gasteiger partial charge in [-0.15, -0.1) is 0 Å². The van der Waals surface area contributed by atoms with E-state index in [9.17, 15) is 0 Å². The second kappa shape index (κ2) is 17.5. The molecule has 0 bridgehead atoms. The second-order valence-electron chi connectivity index (χ2n) is 6.40. The summed E-state index contributed by atoms with van der Waals surface area (Å²) in [5.41, 5.74) is 1.27. The summed E-state index contributed by atoms with van der Waals surface area (Å²) in [6, 6.07) is 10.4. The fraction of sp³-hybridized carbons (Fsp3) is 0.636. The Morgan fingerprint density at radius 2 is 1.58 bits per heavy atom. The second-order valence-corrected chi connectivity index (χ2v) is 9.29. The van der Waals surface area contributed by atoms with E-state index < -0.39 is 0 Å². The summed E-state index contributed by atoms with van der Waals surface area (Å²) in [6.07, 6.45) is 16.2. The number of rotatable bonds is 16. The first-order valence-electron chi connectivity index (χ1n) is 9.81. The zero-order valence-corrected chi connectivity index (χ0v) is 17.9. The molecule has 0 spiro atoms. The van der Waals surface area contributed by atoms with E-state index in [0.717, 1.165) is 19.6 Å². The molecular formula is C22H36OTe. The molecule has 0 aliphatic carbocycles. The van der Waals surface area contributed by atoms with Crippen molar-refractivity contribution in [3.05, 3.63) is 46.1 Å². The third-order valence-corrected chi connectivity index (χ3v) is 6.67. The van der Waals surface area contributed by atoms with Crippen LogP contribution < -0.4 is 0 Å². The Morgan fingerprint density at radius 1 is 0.875 bits per heavy atom. The van der Waals surface area contributed by atoms with Crippen LogP contribution in [0.15, 0.2) is 40.5 Å². The number of hydrogen-bond acceptors (Lipinski definition) is 1. The van der Waals surface area contributed by atoms with Crippen molar-refractivity contribution >= 4 is 20.9 Å². The van der Waals surface area contributed by atoms with Crippen LogP contribution in [0.4, 0.5) is 0 Å². The molecule has 0 saturated heterocycles. The van der Waals surface area contributed by atoms with Crippen molar-refractivity contribution in [1.29, 1.82) is 0 Å².